The summed E-state index contributed by atoms with van der Waals surface area (Å²) in [4.78, 5) is 35.5. The van der Waals surface area contributed by atoms with Crippen LogP contribution in [0.25, 0.3) is 11.4 Å². The van der Waals surface area contributed by atoms with E-state index in [2.05, 4.69) is 25.5 Å². The number of amides is 2. The van der Waals surface area contributed by atoms with Crippen molar-refractivity contribution in [1.29, 1.82) is 0 Å². The first-order valence-electron chi connectivity index (χ1n) is 9.62. The molecule has 0 saturated carbocycles. The van der Waals surface area contributed by atoms with Crippen molar-refractivity contribution in [2.45, 2.75) is 18.5 Å². The number of likely N-dealkylation sites (tertiary alicyclic amines) is 1. The zero-order chi connectivity index (χ0) is 20.9. The summed E-state index contributed by atoms with van der Waals surface area (Å²) >= 11 is 0. The Hall–Kier alpha value is -3.59. The van der Waals surface area contributed by atoms with Gasteiger partial charge in [0.2, 0.25) is 5.91 Å². The van der Waals surface area contributed by atoms with Gasteiger partial charge in [-0.05, 0) is 18.6 Å². The van der Waals surface area contributed by atoms with E-state index in [-0.39, 0.29) is 30.5 Å². The van der Waals surface area contributed by atoms with Crippen molar-refractivity contribution in [3.8, 4) is 11.4 Å². The zero-order valence-electron chi connectivity index (χ0n) is 16.5. The Labute approximate surface area is 173 Å². The maximum atomic E-state index is 13.2. The predicted molar refractivity (Wildman–Crippen MR) is 108 cm³/mol. The van der Waals surface area contributed by atoms with Gasteiger partial charge in [0.25, 0.3) is 5.91 Å². The van der Waals surface area contributed by atoms with E-state index in [0.717, 1.165) is 5.56 Å². The Morgan fingerprint density at radius 1 is 1.23 bits per heavy atom. The Morgan fingerprint density at radius 3 is 2.80 bits per heavy atom. The molecule has 3 heterocycles. The summed E-state index contributed by atoms with van der Waals surface area (Å²) in [5.74, 6) is 0.745. The average molecular weight is 406 g/mol. The third-order valence-electron chi connectivity index (χ3n) is 4.96. The number of nitrogens with zero attached hydrogens (tertiary/aromatic N) is 4. The molecule has 4 rings (SSSR count). The lowest BCUT2D eigenvalue weighted by Gasteiger charge is -2.22. The van der Waals surface area contributed by atoms with Crippen molar-refractivity contribution in [1.82, 2.24) is 30.4 Å². The van der Waals surface area contributed by atoms with E-state index in [1.165, 1.54) is 13.3 Å². The number of pyridine rings is 1. The molecular weight excluding hydrogens is 384 g/mol. The lowest BCUT2D eigenvalue weighted by molar-refractivity contribution is -0.125. The van der Waals surface area contributed by atoms with Gasteiger partial charge in [0.15, 0.2) is 5.82 Å². The number of hydrogen-bond donors (Lipinski definition) is 2. The van der Waals surface area contributed by atoms with Crippen LogP contribution in [0, 0.1) is 0 Å². The van der Waals surface area contributed by atoms with E-state index in [1.807, 2.05) is 30.3 Å². The molecule has 1 aliphatic rings. The number of ether oxygens (including phenoxy) is 1. The molecule has 1 aliphatic heterocycles. The van der Waals surface area contributed by atoms with Gasteiger partial charge in [-0.1, -0.05) is 30.3 Å². The monoisotopic (exact) mass is 406 g/mol. The molecule has 154 valence electrons. The molecule has 2 amide bonds. The quantitative estimate of drug-likeness (QED) is 0.643. The van der Waals surface area contributed by atoms with E-state index < -0.39 is 0 Å². The summed E-state index contributed by atoms with van der Waals surface area (Å²) in [7, 11) is 1.47. The molecule has 2 N–H and O–H groups in total. The van der Waals surface area contributed by atoms with Crippen molar-refractivity contribution in [3.05, 3.63) is 66.2 Å². The van der Waals surface area contributed by atoms with Crippen molar-refractivity contribution >= 4 is 11.8 Å². The van der Waals surface area contributed by atoms with E-state index in [9.17, 15) is 9.59 Å². The minimum Gasteiger partial charge on any atom is -0.375 e. The smallest absolute Gasteiger partial charge is 0.256 e. The molecule has 2 atom stereocenters. The standard InChI is InChI=1S/C21H22N6O3/c1-30-13-18(28)23-16-10-17(27(12-16)21(29)15-8-5-9-22-11-15)20-24-19(25-26-20)14-6-3-2-4-7-14/h2-9,11,16-17H,10,12-13H2,1H3,(H,23,28)(H,24,25,26)/t16-,17-/m0/s1. The van der Waals surface area contributed by atoms with E-state index in [1.54, 1.807) is 23.2 Å². The van der Waals surface area contributed by atoms with Crippen LogP contribution in [0.15, 0.2) is 54.9 Å². The summed E-state index contributed by atoms with van der Waals surface area (Å²) in [6.07, 6.45) is 3.67. The van der Waals surface area contributed by atoms with Gasteiger partial charge in [0.1, 0.15) is 12.4 Å². The molecule has 9 nitrogen and oxygen atoms in total. The number of benzene rings is 1. The summed E-state index contributed by atoms with van der Waals surface area (Å²) in [5, 5.41) is 10.2. The predicted octanol–water partition coefficient (Wildman–Crippen LogP) is 1.59. The molecular formula is C21H22N6O3. The van der Waals surface area contributed by atoms with Crippen LogP contribution in [0.1, 0.15) is 28.6 Å². The molecule has 9 heteroatoms. The molecule has 0 bridgehead atoms. The molecule has 0 radical (unpaired) electrons. The molecule has 30 heavy (non-hydrogen) atoms. The highest BCUT2D eigenvalue weighted by atomic mass is 16.5. The minimum atomic E-state index is -0.351. The highest BCUT2D eigenvalue weighted by Gasteiger charge is 2.39. The van der Waals surface area contributed by atoms with Gasteiger partial charge in [-0.2, -0.15) is 5.10 Å². The Kier molecular flexibility index (Phi) is 5.80. The molecule has 1 saturated heterocycles. The first-order valence-corrected chi connectivity index (χ1v) is 9.62. The van der Waals surface area contributed by atoms with Gasteiger partial charge in [-0.3, -0.25) is 19.7 Å². The topological polar surface area (TPSA) is 113 Å². The van der Waals surface area contributed by atoms with Crippen molar-refractivity contribution < 1.29 is 14.3 Å². The first kappa shape index (κ1) is 19.7. The van der Waals surface area contributed by atoms with Gasteiger partial charge in [0.05, 0.1) is 11.6 Å². The highest BCUT2D eigenvalue weighted by molar-refractivity contribution is 5.94. The van der Waals surface area contributed by atoms with Crippen LogP contribution in [-0.4, -0.2) is 63.2 Å². The third kappa shape index (κ3) is 4.20. The van der Waals surface area contributed by atoms with Crippen LogP contribution in [0.4, 0.5) is 0 Å². The van der Waals surface area contributed by atoms with Crippen molar-refractivity contribution in [2.75, 3.05) is 20.3 Å². The van der Waals surface area contributed by atoms with Crippen LogP contribution < -0.4 is 5.32 Å². The van der Waals surface area contributed by atoms with Gasteiger partial charge in [-0.15, -0.1) is 0 Å². The number of carbonyl (C=O) groups excluding carboxylic acids is 2. The van der Waals surface area contributed by atoms with Gasteiger partial charge in [0, 0.05) is 37.7 Å². The summed E-state index contributed by atoms with van der Waals surface area (Å²) in [5.41, 5.74) is 1.36. The Balaban J connectivity index is 1.60. The number of hydrogen-bond acceptors (Lipinski definition) is 6. The van der Waals surface area contributed by atoms with Crippen LogP contribution in [-0.2, 0) is 9.53 Å². The maximum Gasteiger partial charge on any atom is 0.256 e. The second-order valence-electron chi connectivity index (χ2n) is 7.06. The zero-order valence-corrected chi connectivity index (χ0v) is 16.5. The molecule has 2 aromatic heterocycles. The largest absolute Gasteiger partial charge is 0.375 e. The Morgan fingerprint density at radius 2 is 2.07 bits per heavy atom. The fourth-order valence-corrected chi connectivity index (χ4v) is 3.62. The molecule has 0 spiro atoms. The van der Waals surface area contributed by atoms with Crippen LogP contribution in [0.5, 0.6) is 0 Å². The van der Waals surface area contributed by atoms with Crippen LogP contribution >= 0.6 is 0 Å². The molecule has 3 aromatic rings. The van der Waals surface area contributed by atoms with Crippen LogP contribution in [0.3, 0.4) is 0 Å². The lowest BCUT2D eigenvalue weighted by Crippen LogP contribution is -2.40. The summed E-state index contributed by atoms with van der Waals surface area (Å²) in [6.45, 7) is 0.327. The normalized spacial score (nSPS) is 18.4. The number of carbonyl (C=O) groups is 2. The second-order valence-corrected chi connectivity index (χ2v) is 7.06. The van der Waals surface area contributed by atoms with Crippen molar-refractivity contribution in [3.63, 3.8) is 0 Å². The average Bonchev–Trinajstić information content (AvgIpc) is 3.42. The van der Waals surface area contributed by atoms with Gasteiger partial charge >= 0.3 is 0 Å². The second kappa shape index (κ2) is 8.83. The van der Waals surface area contributed by atoms with Gasteiger partial charge in [-0.25, -0.2) is 4.98 Å². The number of aromatic amines is 1. The van der Waals surface area contributed by atoms with Crippen LogP contribution in [0.2, 0.25) is 0 Å². The minimum absolute atomic E-state index is 0.0296. The number of H-pyrrole nitrogens is 1. The maximum absolute atomic E-state index is 13.2. The Bertz CT molecular complexity index is 1010. The summed E-state index contributed by atoms with van der Waals surface area (Å²) < 4.78 is 4.89. The fourth-order valence-electron chi connectivity index (χ4n) is 3.62. The fraction of sp³-hybridized carbons (Fsp3) is 0.286. The third-order valence-corrected chi connectivity index (χ3v) is 4.96. The van der Waals surface area contributed by atoms with E-state index in [4.69, 9.17) is 4.74 Å². The number of aromatic nitrogens is 4. The van der Waals surface area contributed by atoms with Crippen molar-refractivity contribution in [2.24, 2.45) is 0 Å². The summed E-state index contributed by atoms with van der Waals surface area (Å²) in [6, 6.07) is 12.5. The molecule has 1 aromatic carbocycles. The molecule has 0 aliphatic carbocycles. The first-order chi connectivity index (χ1) is 14.7. The molecule has 1 fully saturated rings. The number of methoxy groups -OCH3 is 1. The van der Waals surface area contributed by atoms with Gasteiger partial charge < -0.3 is 15.0 Å². The lowest BCUT2D eigenvalue weighted by atomic mass is 10.1. The number of nitrogens with one attached hydrogen (secondary N) is 2. The number of rotatable bonds is 6. The van der Waals surface area contributed by atoms with E-state index >= 15 is 0 Å². The molecule has 0 unspecified atom stereocenters. The SMILES string of the molecule is COCC(=O)N[C@H]1C[C@@H](c2nc(-c3ccccc3)n[nH]2)N(C(=O)c2cccnc2)C1. The van der Waals surface area contributed by atoms with E-state index in [0.29, 0.717) is 30.2 Å². The highest BCUT2D eigenvalue weighted by Crippen LogP contribution is 2.32.